The number of ether oxygens (including phenoxy) is 2. The van der Waals surface area contributed by atoms with Gasteiger partial charge in [-0.15, -0.1) is 0 Å². The van der Waals surface area contributed by atoms with Crippen LogP contribution in [0.15, 0.2) is 53.0 Å². The number of amides is 2. The first-order valence-electron chi connectivity index (χ1n) is 9.62. The molecule has 7 heteroatoms. The van der Waals surface area contributed by atoms with Gasteiger partial charge < -0.3 is 19.7 Å². The Balaban J connectivity index is 1.43. The van der Waals surface area contributed by atoms with Crippen molar-refractivity contribution in [3.8, 4) is 11.5 Å². The third kappa shape index (κ3) is 5.97. The van der Waals surface area contributed by atoms with E-state index in [1.807, 2.05) is 48.5 Å². The molecule has 6 nitrogen and oxygen atoms in total. The van der Waals surface area contributed by atoms with E-state index in [1.54, 1.807) is 12.0 Å². The summed E-state index contributed by atoms with van der Waals surface area (Å²) in [5.74, 6) is 1.30. The maximum absolute atomic E-state index is 12.6. The largest absolute Gasteiger partial charge is 0.496 e. The molecule has 0 aromatic heterocycles. The fraction of sp³-hybridized carbons (Fsp3) is 0.364. The SMILES string of the molecule is COc1ccc(Br)cc1CNC(=O)C1CCN(C(=O)COc2ccccc2)CC1. The predicted octanol–water partition coefficient (Wildman–Crippen LogP) is 3.39. The molecule has 0 radical (unpaired) electrons. The number of methoxy groups -OCH3 is 1. The minimum Gasteiger partial charge on any atom is -0.496 e. The first-order valence-corrected chi connectivity index (χ1v) is 10.4. The van der Waals surface area contributed by atoms with E-state index in [-0.39, 0.29) is 24.3 Å². The van der Waals surface area contributed by atoms with Gasteiger partial charge >= 0.3 is 0 Å². The zero-order valence-corrected chi connectivity index (χ0v) is 18.0. The number of halogens is 1. The summed E-state index contributed by atoms with van der Waals surface area (Å²) in [4.78, 5) is 26.7. The van der Waals surface area contributed by atoms with Gasteiger partial charge in [-0.1, -0.05) is 34.1 Å². The number of hydrogen-bond donors (Lipinski definition) is 1. The highest BCUT2D eigenvalue weighted by Gasteiger charge is 2.27. The molecule has 0 spiro atoms. The quantitative estimate of drug-likeness (QED) is 0.687. The molecule has 0 bridgehead atoms. The van der Waals surface area contributed by atoms with Crippen molar-refractivity contribution in [3.63, 3.8) is 0 Å². The van der Waals surface area contributed by atoms with E-state index in [1.165, 1.54) is 0 Å². The standard InChI is InChI=1S/C22H25BrN2O4/c1-28-20-8-7-18(23)13-17(20)14-24-22(27)16-9-11-25(12-10-16)21(26)15-29-19-5-3-2-4-6-19/h2-8,13,16H,9-12,14-15H2,1H3,(H,24,27). The van der Waals surface area contributed by atoms with Gasteiger partial charge in [0.05, 0.1) is 7.11 Å². The van der Waals surface area contributed by atoms with Crippen LogP contribution in [-0.4, -0.2) is 43.5 Å². The van der Waals surface area contributed by atoms with Crippen LogP contribution in [0.3, 0.4) is 0 Å². The normalized spacial score (nSPS) is 14.3. The molecule has 0 saturated carbocycles. The summed E-state index contributed by atoms with van der Waals surface area (Å²) < 4.78 is 11.8. The molecule has 1 aliphatic heterocycles. The zero-order valence-electron chi connectivity index (χ0n) is 16.4. The number of piperidine rings is 1. The zero-order chi connectivity index (χ0) is 20.6. The average Bonchev–Trinajstić information content (AvgIpc) is 2.76. The summed E-state index contributed by atoms with van der Waals surface area (Å²) in [7, 11) is 1.61. The number of benzene rings is 2. The molecule has 1 heterocycles. The number of nitrogens with zero attached hydrogens (tertiary/aromatic N) is 1. The molecule has 1 saturated heterocycles. The molecule has 1 N–H and O–H groups in total. The monoisotopic (exact) mass is 460 g/mol. The van der Waals surface area contributed by atoms with Gasteiger partial charge in [-0.25, -0.2) is 0 Å². The van der Waals surface area contributed by atoms with Gasteiger partial charge in [0.15, 0.2) is 6.61 Å². The van der Waals surface area contributed by atoms with E-state index in [2.05, 4.69) is 21.2 Å². The van der Waals surface area contributed by atoms with Crippen molar-refractivity contribution in [3.05, 3.63) is 58.6 Å². The molecule has 2 aromatic rings. The minimum absolute atomic E-state index is 0.0136. The number of likely N-dealkylation sites (tertiary alicyclic amines) is 1. The second-order valence-corrected chi connectivity index (χ2v) is 7.85. The van der Waals surface area contributed by atoms with Gasteiger partial charge in [-0.3, -0.25) is 9.59 Å². The van der Waals surface area contributed by atoms with E-state index in [9.17, 15) is 9.59 Å². The van der Waals surface area contributed by atoms with E-state index in [0.717, 1.165) is 15.8 Å². The van der Waals surface area contributed by atoms with Crippen molar-refractivity contribution in [2.75, 3.05) is 26.8 Å². The van der Waals surface area contributed by atoms with Crippen molar-refractivity contribution in [2.45, 2.75) is 19.4 Å². The van der Waals surface area contributed by atoms with Crippen LogP contribution in [0.1, 0.15) is 18.4 Å². The van der Waals surface area contributed by atoms with Crippen LogP contribution in [0.5, 0.6) is 11.5 Å². The Bertz CT molecular complexity index is 836. The van der Waals surface area contributed by atoms with Gasteiger partial charge in [0.1, 0.15) is 11.5 Å². The van der Waals surface area contributed by atoms with Gasteiger partial charge in [0.25, 0.3) is 5.91 Å². The number of carbonyl (C=O) groups is 2. The molecule has 1 aliphatic rings. The number of hydrogen-bond acceptors (Lipinski definition) is 4. The number of carbonyl (C=O) groups excluding carboxylic acids is 2. The smallest absolute Gasteiger partial charge is 0.260 e. The Morgan fingerprint density at radius 2 is 1.86 bits per heavy atom. The topological polar surface area (TPSA) is 67.9 Å². The van der Waals surface area contributed by atoms with Crippen LogP contribution in [-0.2, 0) is 16.1 Å². The van der Waals surface area contributed by atoms with E-state index >= 15 is 0 Å². The lowest BCUT2D eigenvalue weighted by atomic mass is 9.95. The highest BCUT2D eigenvalue weighted by atomic mass is 79.9. The maximum Gasteiger partial charge on any atom is 0.260 e. The van der Waals surface area contributed by atoms with Crippen LogP contribution in [0, 0.1) is 5.92 Å². The van der Waals surface area contributed by atoms with Gasteiger partial charge in [-0.2, -0.15) is 0 Å². The second kappa shape index (κ2) is 10.3. The van der Waals surface area contributed by atoms with Crippen molar-refractivity contribution >= 4 is 27.7 Å². The van der Waals surface area contributed by atoms with Crippen molar-refractivity contribution in [1.82, 2.24) is 10.2 Å². The molecule has 2 amide bonds. The number of nitrogens with one attached hydrogen (secondary N) is 1. The summed E-state index contributed by atoms with van der Waals surface area (Å²) in [5, 5.41) is 2.99. The average molecular weight is 461 g/mol. The molecular formula is C22H25BrN2O4. The van der Waals surface area contributed by atoms with Crippen molar-refractivity contribution in [1.29, 1.82) is 0 Å². The van der Waals surface area contributed by atoms with Gasteiger partial charge in [-0.05, 0) is 43.2 Å². The highest BCUT2D eigenvalue weighted by molar-refractivity contribution is 9.10. The first kappa shape index (κ1) is 21.2. The fourth-order valence-corrected chi connectivity index (χ4v) is 3.76. The van der Waals surface area contributed by atoms with E-state index < -0.39 is 0 Å². The molecule has 29 heavy (non-hydrogen) atoms. The number of para-hydroxylation sites is 1. The van der Waals surface area contributed by atoms with Crippen LogP contribution in [0.4, 0.5) is 0 Å². The van der Waals surface area contributed by atoms with Crippen molar-refractivity contribution < 1.29 is 19.1 Å². The Morgan fingerprint density at radius 3 is 2.55 bits per heavy atom. The molecule has 0 unspecified atom stereocenters. The van der Waals surface area contributed by atoms with Gasteiger partial charge in [0.2, 0.25) is 5.91 Å². The Hall–Kier alpha value is -2.54. The van der Waals surface area contributed by atoms with Crippen LogP contribution in [0.2, 0.25) is 0 Å². The van der Waals surface area contributed by atoms with Crippen LogP contribution < -0.4 is 14.8 Å². The predicted molar refractivity (Wildman–Crippen MR) is 114 cm³/mol. The first-order chi connectivity index (χ1) is 14.1. The summed E-state index contributed by atoms with van der Waals surface area (Å²) >= 11 is 3.44. The van der Waals surface area contributed by atoms with Crippen molar-refractivity contribution in [2.24, 2.45) is 5.92 Å². The lowest BCUT2D eigenvalue weighted by Crippen LogP contribution is -2.44. The van der Waals surface area contributed by atoms with E-state index in [0.29, 0.717) is 38.2 Å². The number of rotatable bonds is 7. The lowest BCUT2D eigenvalue weighted by Gasteiger charge is -2.31. The summed E-state index contributed by atoms with van der Waals surface area (Å²) in [5.41, 5.74) is 0.917. The summed E-state index contributed by atoms with van der Waals surface area (Å²) in [6, 6.07) is 15.0. The molecule has 3 rings (SSSR count). The summed E-state index contributed by atoms with van der Waals surface area (Å²) in [6.07, 6.45) is 1.30. The molecule has 1 fully saturated rings. The molecule has 0 aliphatic carbocycles. The second-order valence-electron chi connectivity index (χ2n) is 6.93. The molecule has 2 aromatic carbocycles. The van der Waals surface area contributed by atoms with E-state index in [4.69, 9.17) is 9.47 Å². The fourth-order valence-electron chi connectivity index (χ4n) is 3.36. The lowest BCUT2D eigenvalue weighted by molar-refractivity contribution is -0.137. The van der Waals surface area contributed by atoms with Crippen LogP contribution in [0.25, 0.3) is 0 Å². The maximum atomic E-state index is 12.6. The summed E-state index contributed by atoms with van der Waals surface area (Å²) in [6.45, 7) is 1.56. The third-order valence-corrected chi connectivity index (χ3v) is 5.51. The van der Waals surface area contributed by atoms with Gasteiger partial charge in [0, 0.05) is 35.6 Å². The molecular weight excluding hydrogens is 436 g/mol. The Kier molecular flexibility index (Phi) is 7.52. The molecule has 0 atom stereocenters. The Morgan fingerprint density at radius 1 is 1.14 bits per heavy atom. The van der Waals surface area contributed by atoms with Crippen LogP contribution >= 0.6 is 15.9 Å². The highest BCUT2D eigenvalue weighted by Crippen LogP contribution is 2.23. The molecule has 154 valence electrons. The third-order valence-electron chi connectivity index (χ3n) is 5.02. The minimum atomic E-state index is -0.0905. The Labute approximate surface area is 179 Å².